The maximum absolute atomic E-state index is 13.3. The number of nitrogens with one attached hydrogen (secondary N) is 1. The van der Waals surface area contributed by atoms with E-state index in [-0.39, 0.29) is 5.82 Å². The van der Waals surface area contributed by atoms with Gasteiger partial charge in [-0.3, -0.25) is 0 Å². The van der Waals surface area contributed by atoms with Gasteiger partial charge in [0.05, 0.1) is 32.1 Å². The summed E-state index contributed by atoms with van der Waals surface area (Å²) in [5.74, 6) is 2.14. The molecule has 1 aromatic heterocycles. The van der Waals surface area contributed by atoms with Crippen molar-refractivity contribution in [2.75, 3.05) is 19.0 Å². The molecule has 0 saturated heterocycles. The predicted molar refractivity (Wildman–Crippen MR) is 93.4 cm³/mol. The maximum Gasteiger partial charge on any atom is 0.214 e. The SMILES string of the molecule is CCOc1ccc(OC)cc1NCc1ncc(-c2cccc(F)c2)o1. The van der Waals surface area contributed by atoms with E-state index in [0.717, 1.165) is 17.2 Å². The van der Waals surface area contributed by atoms with Gasteiger partial charge in [0.25, 0.3) is 0 Å². The van der Waals surface area contributed by atoms with Crippen molar-refractivity contribution in [1.29, 1.82) is 0 Å². The van der Waals surface area contributed by atoms with E-state index in [9.17, 15) is 4.39 Å². The quantitative estimate of drug-likeness (QED) is 0.685. The third kappa shape index (κ3) is 4.09. The number of rotatable bonds is 7. The molecule has 0 atom stereocenters. The van der Waals surface area contributed by atoms with E-state index >= 15 is 0 Å². The molecule has 1 heterocycles. The van der Waals surface area contributed by atoms with Gasteiger partial charge in [0.2, 0.25) is 5.89 Å². The van der Waals surface area contributed by atoms with Crippen LogP contribution in [0.2, 0.25) is 0 Å². The molecule has 25 heavy (non-hydrogen) atoms. The van der Waals surface area contributed by atoms with E-state index in [0.29, 0.717) is 30.4 Å². The minimum Gasteiger partial charge on any atom is -0.497 e. The van der Waals surface area contributed by atoms with Gasteiger partial charge in [-0.05, 0) is 31.2 Å². The topological polar surface area (TPSA) is 56.5 Å². The molecule has 0 spiro atoms. The van der Waals surface area contributed by atoms with Gasteiger partial charge >= 0.3 is 0 Å². The van der Waals surface area contributed by atoms with Gasteiger partial charge in [-0.1, -0.05) is 12.1 Å². The van der Waals surface area contributed by atoms with Crippen molar-refractivity contribution in [2.45, 2.75) is 13.5 Å². The highest BCUT2D eigenvalue weighted by Gasteiger charge is 2.10. The Labute approximate surface area is 145 Å². The highest BCUT2D eigenvalue weighted by Crippen LogP contribution is 2.30. The largest absolute Gasteiger partial charge is 0.497 e. The van der Waals surface area contributed by atoms with Crippen molar-refractivity contribution in [3.05, 3.63) is 60.4 Å². The van der Waals surface area contributed by atoms with E-state index in [1.165, 1.54) is 12.1 Å². The summed E-state index contributed by atoms with van der Waals surface area (Å²) in [6.07, 6.45) is 1.58. The molecular formula is C19H19FN2O3. The summed E-state index contributed by atoms with van der Waals surface area (Å²) in [6, 6.07) is 11.7. The van der Waals surface area contributed by atoms with Crippen LogP contribution >= 0.6 is 0 Å². The highest BCUT2D eigenvalue weighted by atomic mass is 19.1. The summed E-state index contributed by atoms with van der Waals surface area (Å²) >= 11 is 0. The molecule has 0 saturated carbocycles. The van der Waals surface area contributed by atoms with E-state index in [2.05, 4.69) is 10.3 Å². The Hall–Kier alpha value is -3.02. The second kappa shape index (κ2) is 7.70. The molecule has 0 fully saturated rings. The molecule has 1 N–H and O–H groups in total. The average Bonchev–Trinajstić information content (AvgIpc) is 3.10. The Morgan fingerprint density at radius 2 is 2.08 bits per heavy atom. The molecular weight excluding hydrogens is 323 g/mol. The zero-order chi connectivity index (χ0) is 17.6. The normalized spacial score (nSPS) is 10.5. The molecule has 3 aromatic rings. The molecule has 0 unspecified atom stereocenters. The Morgan fingerprint density at radius 3 is 2.84 bits per heavy atom. The summed E-state index contributed by atoms with van der Waals surface area (Å²) in [5.41, 5.74) is 1.43. The van der Waals surface area contributed by atoms with Crippen molar-refractivity contribution in [3.8, 4) is 22.8 Å². The first kappa shape index (κ1) is 16.8. The first-order valence-electron chi connectivity index (χ1n) is 7.95. The Morgan fingerprint density at radius 1 is 1.20 bits per heavy atom. The monoisotopic (exact) mass is 342 g/mol. The molecule has 2 aromatic carbocycles. The van der Waals surface area contributed by atoms with E-state index < -0.39 is 0 Å². The molecule has 6 heteroatoms. The van der Waals surface area contributed by atoms with Gasteiger partial charge in [-0.15, -0.1) is 0 Å². The fourth-order valence-electron chi connectivity index (χ4n) is 2.39. The number of methoxy groups -OCH3 is 1. The molecule has 3 rings (SSSR count). The number of hydrogen-bond acceptors (Lipinski definition) is 5. The van der Waals surface area contributed by atoms with Gasteiger partial charge in [0.1, 0.15) is 17.3 Å². The molecule has 5 nitrogen and oxygen atoms in total. The number of ether oxygens (including phenoxy) is 2. The van der Waals surface area contributed by atoms with Crippen LogP contribution in [-0.2, 0) is 6.54 Å². The number of halogens is 1. The lowest BCUT2D eigenvalue weighted by atomic mass is 10.2. The van der Waals surface area contributed by atoms with Crippen LogP contribution in [0.25, 0.3) is 11.3 Å². The third-order valence-corrected chi connectivity index (χ3v) is 3.58. The van der Waals surface area contributed by atoms with E-state index in [4.69, 9.17) is 13.9 Å². The summed E-state index contributed by atoms with van der Waals surface area (Å²) in [4.78, 5) is 4.23. The predicted octanol–water partition coefficient (Wildman–Crippen LogP) is 4.50. The number of oxazole rings is 1. The lowest BCUT2D eigenvalue weighted by Crippen LogP contribution is -2.03. The Bertz CT molecular complexity index is 848. The van der Waals surface area contributed by atoms with Crippen LogP contribution in [0.1, 0.15) is 12.8 Å². The standard InChI is InChI=1S/C19H19FN2O3/c1-3-24-17-8-7-15(23-2)10-16(17)21-12-19-22-11-18(25-19)13-5-4-6-14(20)9-13/h4-11,21H,3,12H2,1-2H3. The average molecular weight is 342 g/mol. The number of aromatic nitrogens is 1. The van der Waals surface area contributed by atoms with Crippen molar-refractivity contribution in [3.63, 3.8) is 0 Å². The van der Waals surface area contributed by atoms with Gasteiger partial charge in [0, 0.05) is 11.6 Å². The van der Waals surface area contributed by atoms with Crippen LogP contribution in [0.3, 0.4) is 0 Å². The van der Waals surface area contributed by atoms with Crippen molar-refractivity contribution in [2.24, 2.45) is 0 Å². The van der Waals surface area contributed by atoms with Crippen molar-refractivity contribution >= 4 is 5.69 Å². The van der Waals surface area contributed by atoms with Gasteiger partial charge in [0.15, 0.2) is 5.76 Å². The van der Waals surface area contributed by atoms with E-state index in [1.807, 2.05) is 25.1 Å². The second-order valence-electron chi connectivity index (χ2n) is 5.28. The summed E-state index contributed by atoms with van der Waals surface area (Å²) < 4.78 is 29.9. The van der Waals surface area contributed by atoms with E-state index in [1.54, 1.807) is 25.4 Å². The number of anilines is 1. The zero-order valence-electron chi connectivity index (χ0n) is 14.1. The molecule has 0 aliphatic carbocycles. The van der Waals surface area contributed by atoms with Crippen LogP contribution in [0, 0.1) is 5.82 Å². The third-order valence-electron chi connectivity index (χ3n) is 3.58. The molecule has 0 aliphatic rings. The van der Waals surface area contributed by atoms with Gasteiger partial charge in [-0.25, -0.2) is 9.37 Å². The minimum absolute atomic E-state index is 0.314. The molecule has 130 valence electrons. The number of hydrogen-bond donors (Lipinski definition) is 1. The van der Waals surface area contributed by atoms with Crippen LogP contribution in [0.4, 0.5) is 10.1 Å². The van der Waals surface area contributed by atoms with Crippen LogP contribution in [-0.4, -0.2) is 18.7 Å². The molecule has 0 aliphatic heterocycles. The first-order chi connectivity index (χ1) is 12.2. The van der Waals surface area contributed by atoms with Crippen molar-refractivity contribution < 1.29 is 18.3 Å². The maximum atomic E-state index is 13.3. The lowest BCUT2D eigenvalue weighted by Gasteiger charge is -2.12. The van der Waals surface area contributed by atoms with Crippen LogP contribution in [0.5, 0.6) is 11.5 Å². The molecule has 0 radical (unpaired) electrons. The smallest absolute Gasteiger partial charge is 0.214 e. The minimum atomic E-state index is -0.314. The summed E-state index contributed by atoms with van der Waals surface area (Å²) in [5, 5.41) is 3.23. The molecule has 0 bridgehead atoms. The fourth-order valence-corrected chi connectivity index (χ4v) is 2.39. The second-order valence-corrected chi connectivity index (χ2v) is 5.28. The van der Waals surface area contributed by atoms with Gasteiger partial charge in [-0.2, -0.15) is 0 Å². The molecule has 0 amide bonds. The Kier molecular flexibility index (Phi) is 5.18. The van der Waals surface area contributed by atoms with Crippen LogP contribution < -0.4 is 14.8 Å². The Balaban J connectivity index is 1.74. The fraction of sp³-hybridized carbons (Fsp3) is 0.211. The number of benzene rings is 2. The summed E-state index contributed by atoms with van der Waals surface area (Å²) in [7, 11) is 1.61. The van der Waals surface area contributed by atoms with Crippen molar-refractivity contribution in [1.82, 2.24) is 4.98 Å². The highest BCUT2D eigenvalue weighted by molar-refractivity contribution is 5.60. The lowest BCUT2D eigenvalue weighted by molar-refractivity contribution is 0.340. The van der Waals surface area contributed by atoms with Crippen LogP contribution in [0.15, 0.2) is 53.1 Å². The number of nitrogens with zero attached hydrogens (tertiary/aromatic N) is 1. The first-order valence-corrected chi connectivity index (χ1v) is 7.95. The van der Waals surface area contributed by atoms with Gasteiger partial charge < -0.3 is 19.2 Å². The summed E-state index contributed by atoms with van der Waals surface area (Å²) in [6.45, 7) is 2.85. The zero-order valence-corrected chi connectivity index (χ0v) is 14.1.